The van der Waals surface area contributed by atoms with Gasteiger partial charge in [0.1, 0.15) is 11.5 Å². The molecule has 1 heterocycles. The average Bonchev–Trinajstić information content (AvgIpc) is 2.70. The predicted octanol–water partition coefficient (Wildman–Crippen LogP) is 4.48. The van der Waals surface area contributed by atoms with E-state index >= 15 is 0 Å². The Bertz CT molecular complexity index is 893. The van der Waals surface area contributed by atoms with Crippen LogP contribution in [0.2, 0.25) is 5.02 Å². The largest absolute Gasteiger partial charge is 0.508 e. The van der Waals surface area contributed by atoms with Crippen molar-refractivity contribution in [1.82, 2.24) is 4.90 Å². The maximum atomic E-state index is 12.8. The summed E-state index contributed by atoms with van der Waals surface area (Å²) in [6.07, 6.45) is 3.00. The van der Waals surface area contributed by atoms with E-state index in [-0.39, 0.29) is 17.7 Å². The van der Waals surface area contributed by atoms with Crippen LogP contribution in [0, 0.1) is 6.92 Å². The lowest BCUT2D eigenvalue weighted by Crippen LogP contribution is -2.44. The van der Waals surface area contributed by atoms with E-state index < -0.39 is 0 Å². The molecule has 0 aliphatic carbocycles. The predicted molar refractivity (Wildman–Crippen MR) is 113 cm³/mol. The van der Waals surface area contributed by atoms with E-state index in [4.69, 9.17) is 16.3 Å². The summed E-state index contributed by atoms with van der Waals surface area (Å²) in [5.41, 5.74) is 3.85. The van der Waals surface area contributed by atoms with Crippen LogP contribution in [0.3, 0.4) is 0 Å². The smallest absolute Gasteiger partial charge is 0.241 e. The number of aromatic hydroxyl groups is 1. The molecule has 1 aliphatic rings. The zero-order chi connectivity index (χ0) is 20.3. The molecular weight excluding hydrogens is 376 g/mol. The number of rotatable bonds is 5. The van der Waals surface area contributed by atoms with Gasteiger partial charge in [-0.15, -0.1) is 0 Å². The minimum Gasteiger partial charge on any atom is -0.508 e. The third-order valence-electron chi connectivity index (χ3n) is 5.14. The first-order chi connectivity index (χ1) is 13.4. The molecule has 3 rings (SSSR count). The molecule has 0 saturated heterocycles. The van der Waals surface area contributed by atoms with Gasteiger partial charge < -0.3 is 15.2 Å². The number of hydrogen-bond donors (Lipinski definition) is 2. The molecule has 148 valence electrons. The van der Waals surface area contributed by atoms with Gasteiger partial charge in [0.25, 0.3) is 0 Å². The summed E-state index contributed by atoms with van der Waals surface area (Å²) in [6.45, 7) is 5.28. The van der Waals surface area contributed by atoms with Gasteiger partial charge in [-0.25, -0.2) is 0 Å². The topological polar surface area (TPSA) is 61.8 Å². The summed E-state index contributed by atoms with van der Waals surface area (Å²) in [5.74, 6) is 0.728. The fourth-order valence-electron chi connectivity index (χ4n) is 3.31. The molecular formula is C22H25ClN2O3. The number of phenolic OH excluding ortho intramolecular Hbond substituents is 1. The van der Waals surface area contributed by atoms with E-state index in [0.717, 1.165) is 24.1 Å². The highest BCUT2D eigenvalue weighted by atomic mass is 35.5. The van der Waals surface area contributed by atoms with E-state index in [1.54, 1.807) is 25.3 Å². The normalized spacial score (nSPS) is 15.6. The van der Waals surface area contributed by atoms with Crippen LogP contribution in [0.15, 0.2) is 42.5 Å². The van der Waals surface area contributed by atoms with Crippen molar-refractivity contribution in [2.75, 3.05) is 25.5 Å². The summed E-state index contributed by atoms with van der Waals surface area (Å²) < 4.78 is 5.34. The summed E-state index contributed by atoms with van der Waals surface area (Å²) in [4.78, 5) is 14.9. The van der Waals surface area contributed by atoms with Gasteiger partial charge in [-0.05, 0) is 55.2 Å². The molecule has 0 radical (unpaired) electrons. The fourth-order valence-corrected chi connectivity index (χ4v) is 3.46. The monoisotopic (exact) mass is 400 g/mol. The number of benzene rings is 2. The molecule has 0 spiro atoms. The van der Waals surface area contributed by atoms with Crippen LogP contribution in [-0.2, 0) is 4.79 Å². The summed E-state index contributed by atoms with van der Waals surface area (Å²) in [7, 11) is 1.56. The van der Waals surface area contributed by atoms with E-state index in [1.807, 2.05) is 32.0 Å². The maximum absolute atomic E-state index is 12.8. The van der Waals surface area contributed by atoms with E-state index in [9.17, 15) is 9.90 Å². The van der Waals surface area contributed by atoms with Gasteiger partial charge >= 0.3 is 0 Å². The first-order valence-electron chi connectivity index (χ1n) is 9.26. The zero-order valence-corrected chi connectivity index (χ0v) is 17.1. The van der Waals surface area contributed by atoms with Crippen molar-refractivity contribution in [2.24, 2.45) is 0 Å². The molecule has 0 fully saturated rings. The maximum Gasteiger partial charge on any atom is 0.241 e. The van der Waals surface area contributed by atoms with Crippen LogP contribution in [0.1, 0.15) is 24.5 Å². The van der Waals surface area contributed by atoms with Crippen molar-refractivity contribution in [1.29, 1.82) is 0 Å². The number of amides is 1. The number of carbonyl (C=O) groups excluding carboxylic acids is 1. The van der Waals surface area contributed by atoms with Crippen molar-refractivity contribution in [2.45, 2.75) is 26.3 Å². The molecule has 1 atom stereocenters. The Morgan fingerprint density at radius 2 is 2.00 bits per heavy atom. The van der Waals surface area contributed by atoms with Crippen LogP contribution in [0.25, 0.3) is 5.57 Å². The van der Waals surface area contributed by atoms with Crippen molar-refractivity contribution in [3.05, 3.63) is 58.6 Å². The number of hydrogen-bond acceptors (Lipinski definition) is 4. The first kappa shape index (κ1) is 20.2. The summed E-state index contributed by atoms with van der Waals surface area (Å²) in [6, 6.07) is 10.5. The number of phenols is 1. The first-order valence-corrected chi connectivity index (χ1v) is 9.64. The number of carbonyl (C=O) groups is 1. The Morgan fingerprint density at radius 1 is 1.29 bits per heavy atom. The Hall–Kier alpha value is -2.50. The zero-order valence-electron chi connectivity index (χ0n) is 16.3. The van der Waals surface area contributed by atoms with Crippen LogP contribution in [-0.4, -0.2) is 42.2 Å². The Morgan fingerprint density at radius 3 is 2.61 bits per heavy atom. The Labute approximate surface area is 170 Å². The molecule has 5 nitrogen and oxygen atoms in total. The molecule has 6 heteroatoms. The lowest BCUT2D eigenvalue weighted by Gasteiger charge is -2.31. The Kier molecular flexibility index (Phi) is 6.27. The van der Waals surface area contributed by atoms with E-state index in [1.165, 1.54) is 5.57 Å². The summed E-state index contributed by atoms with van der Waals surface area (Å²) >= 11 is 6.14. The number of nitrogens with one attached hydrogen (secondary N) is 1. The fraction of sp³-hybridized carbons (Fsp3) is 0.318. The van der Waals surface area contributed by atoms with E-state index in [2.05, 4.69) is 16.3 Å². The second kappa shape index (κ2) is 8.67. The molecule has 2 N–H and O–H groups in total. The number of nitrogens with zero attached hydrogens (tertiary/aromatic N) is 1. The number of ether oxygens (including phenoxy) is 1. The highest BCUT2D eigenvalue weighted by molar-refractivity contribution is 6.31. The lowest BCUT2D eigenvalue weighted by atomic mass is 9.98. The minimum absolute atomic E-state index is 0.0819. The van der Waals surface area contributed by atoms with Gasteiger partial charge in [-0.2, -0.15) is 0 Å². The quantitative estimate of drug-likeness (QED) is 0.776. The van der Waals surface area contributed by atoms with Gasteiger partial charge in [0.05, 0.1) is 18.8 Å². The molecule has 0 bridgehead atoms. The van der Waals surface area contributed by atoms with Gasteiger partial charge in [-0.1, -0.05) is 29.8 Å². The molecule has 0 saturated carbocycles. The van der Waals surface area contributed by atoms with Crippen molar-refractivity contribution in [3.63, 3.8) is 0 Å². The third-order valence-corrected chi connectivity index (χ3v) is 5.55. The molecule has 2 aromatic rings. The van der Waals surface area contributed by atoms with Crippen molar-refractivity contribution in [3.8, 4) is 11.5 Å². The molecule has 28 heavy (non-hydrogen) atoms. The second-order valence-electron chi connectivity index (χ2n) is 6.99. The second-order valence-corrected chi connectivity index (χ2v) is 7.40. The van der Waals surface area contributed by atoms with Crippen molar-refractivity contribution < 1.29 is 14.6 Å². The summed E-state index contributed by atoms with van der Waals surface area (Å²) in [5, 5.41) is 13.0. The molecule has 1 amide bonds. The highest BCUT2D eigenvalue weighted by Gasteiger charge is 2.24. The van der Waals surface area contributed by atoms with Gasteiger partial charge in [0.2, 0.25) is 5.91 Å². The van der Waals surface area contributed by atoms with Crippen LogP contribution in [0.4, 0.5) is 5.69 Å². The number of anilines is 1. The number of halogens is 1. The highest BCUT2D eigenvalue weighted by Crippen LogP contribution is 2.31. The number of aryl methyl sites for hydroxylation is 1. The Balaban J connectivity index is 1.66. The van der Waals surface area contributed by atoms with Crippen molar-refractivity contribution >= 4 is 28.8 Å². The van der Waals surface area contributed by atoms with Crippen LogP contribution < -0.4 is 10.1 Å². The average molecular weight is 401 g/mol. The van der Waals surface area contributed by atoms with Crippen LogP contribution >= 0.6 is 11.6 Å². The SMILES string of the molecule is COc1cc(Cl)c(C)cc1NC(=O)C(C)N1CC=C(c2ccc(O)cc2)CC1. The molecule has 2 aromatic carbocycles. The molecule has 1 unspecified atom stereocenters. The molecule has 0 aromatic heterocycles. The lowest BCUT2D eigenvalue weighted by molar-refractivity contribution is -0.120. The minimum atomic E-state index is -0.279. The van der Waals surface area contributed by atoms with Gasteiger partial charge in [0.15, 0.2) is 0 Å². The third kappa shape index (κ3) is 4.49. The van der Waals surface area contributed by atoms with Crippen LogP contribution in [0.5, 0.6) is 11.5 Å². The standard InChI is InChI=1S/C22H25ClN2O3/c1-14-12-20(21(28-3)13-19(14)23)24-22(27)15(2)25-10-8-17(9-11-25)16-4-6-18(26)7-5-16/h4-8,12-13,15,26H,9-11H2,1-3H3,(H,24,27). The van der Waals surface area contributed by atoms with Gasteiger partial charge in [-0.3, -0.25) is 9.69 Å². The van der Waals surface area contributed by atoms with E-state index in [0.29, 0.717) is 23.0 Å². The number of methoxy groups -OCH3 is 1. The van der Waals surface area contributed by atoms with Gasteiger partial charge in [0, 0.05) is 24.2 Å². The molecule has 1 aliphatic heterocycles.